The van der Waals surface area contributed by atoms with E-state index in [1.165, 1.54) is 0 Å². The highest BCUT2D eigenvalue weighted by Crippen LogP contribution is 2.20. The van der Waals surface area contributed by atoms with Gasteiger partial charge in [-0.2, -0.15) is 0 Å². The minimum Gasteiger partial charge on any atom is -0.490 e. The van der Waals surface area contributed by atoms with Gasteiger partial charge in [-0.05, 0) is 31.5 Å². The van der Waals surface area contributed by atoms with Crippen LogP contribution in [0.3, 0.4) is 0 Å². The number of aromatic nitrogens is 1. The van der Waals surface area contributed by atoms with E-state index < -0.39 is 5.60 Å². The summed E-state index contributed by atoms with van der Waals surface area (Å²) >= 11 is 0. The molecule has 6 heteroatoms. The van der Waals surface area contributed by atoms with Gasteiger partial charge in [0.2, 0.25) is 0 Å². The van der Waals surface area contributed by atoms with Gasteiger partial charge in [0.15, 0.2) is 5.96 Å². The Balaban J connectivity index is 1.85. The molecular weight excluding hydrogens is 316 g/mol. The molecule has 6 nitrogen and oxygen atoms in total. The van der Waals surface area contributed by atoms with Crippen LogP contribution in [0.15, 0.2) is 59.9 Å². The lowest BCUT2D eigenvalue weighted by molar-refractivity contribution is 0.0672. The van der Waals surface area contributed by atoms with Crippen molar-refractivity contribution in [2.75, 3.05) is 26.2 Å². The molecule has 0 spiro atoms. The summed E-state index contributed by atoms with van der Waals surface area (Å²) in [7, 11) is 0. The van der Waals surface area contributed by atoms with E-state index in [9.17, 15) is 5.11 Å². The molecule has 0 amide bonds. The summed E-state index contributed by atoms with van der Waals surface area (Å²) in [6.45, 7) is 5.84. The lowest BCUT2D eigenvalue weighted by Gasteiger charge is -2.22. The molecule has 0 aliphatic heterocycles. The quantitative estimate of drug-likeness (QED) is 0.388. The maximum absolute atomic E-state index is 10.6. The first-order valence-corrected chi connectivity index (χ1v) is 8.45. The number of benzene rings is 1. The molecule has 3 N–H and O–H groups in total. The SMILES string of the molecule is CCNC(=NCC(C)(O)c1ccccc1)NCCOc1cccnc1. The Hall–Kier alpha value is -2.60. The number of pyridine rings is 1. The van der Waals surface area contributed by atoms with E-state index in [0.29, 0.717) is 19.1 Å². The molecule has 0 aliphatic rings. The van der Waals surface area contributed by atoms with Gasteiger partial charge in [0.25, 0.3) is 0 Å². The third kappa shape index (κ3) is 6.43. The first-order valence-electron chi connectivity index (χ1n) is 8.45. The zero-order chi connectivity index (χ0) is 18.0. The van der Waals surface area contributed by atoms with Crippen LogP contribution in [0.1, 0.15) is 19.4 Å². The third-order valence-electron chi connectivity index (χ3n) is 3.58. The Morgan fingerprint density at radius 1 is 1.20 bits per heavy atom. The van der Waals surface area contributed by atoms with Crippen molar-refractivity contribution >= 4 is 5.96 Å². The van der Waals surface area contributed by atoms with Gasteiger partial charge in [-0.15, -0.1) is 0 Å². The maximum Gasteiger partial charge on any atom is 0.191 e. The van der Waals surface area contributed by atoms with Gasteiger partial charge in [0.1, 0.15) is 18.0 Å². The second-order valence-corrected chi connectivity index (χ2v) is 5.80. The van der Waals surface area contributed by atoms with Crippen LogP contribution in [-0.4, -0.2) is 42.3 Å². The zero-order valence-electron chi connectivity index (χ0n) is 14.8. The van der Waals surface area contributed by atoms with E-state index in [1.54, 1.807) is 19.3 Å². The van der Waals surface area contributed by atoms with E-state index in [2.05, 4.69) is 20.6 Å². The summed E-state index contributed by atoms with van der Waals surface area (Å²) in [6, 6.07) is 13.2. The minimum atomic E-state index is -1.02. The molecule has 1 aromatic carbocycles. The second kappa shape index (κ2) is 9.64. The van der Waals surface area contributed by atoms with E-state index in [0.717, 1.165) is 17.9 Å². The summed E-state index contributed by atoms with van der Waals surface area (Å²) in [6.07, 6.45) is 3.38. The normalized spacial score (nSPS) is 13.8. The van der Waals surface area contributed by atoms with E-state index in [1.807, 2.05) is 49.4 Å². The number of nitrogens with zero attached hydrogens (tertiary/aromatic N) is 2. The molecule has 2 rings (SSSR count). The molecular formula is C19H26N4O2. The van der Waals surface area contributed by atoms with Crippen LogP contribution in [-0.2, 0) is 5.60 Å². The Morgan fingerprint density at radius 2 is 2.00 bits per heavy atom. The average Bonchev–Trinajstić information content (AvgIpc) is 2.65. The number of nitrogens with one attached hydrogen (secondary N) is 2. The van der Waals surface area contributed by atoms with Crippen molar-refractivity contribution < 1.29 is 9.84 Å². The number of rotatable bonds is 8. The van der Waals surface area contributed by atoms with Gasteiger partial charge in [0.05, 0.1) is 19.3 Å². The summed E-state index contributed by atoms with van der Waals surface area (Å²) in [5.41, 5.74) is -0.176. The standard InChI is InChI=1S/C19H26N4O2/c1-3-21-18(22-12-13-25-17-10-7-11-20-14-17)23-15-19(2,24)16-8-5-4-6-9-16/h4-11,14,24H,3,12-13,15H2,1-2H3,(H2,21,22,23). The van der Waals surface area contributed by atoms with Crippen molar-refractivity contribution in [3.05, 3.63) is 60.4 Å². The minimum absolute atomic E-state index is 0.260. The topological polar surface area (TPSA) is 78.8 Å². The Labute approximate surface area is 149 Å². The van der Waals surface area contributed by atoms with Crippen LogP contribution in [0, 0.1) is 0 Å². The summed E-state index contributed by atoms with van der Waals surface area (Å²) in [5.74, 6) is 1.38. The predicted molar refractivity (Wildman–Crippen MR) is 99.7 cm³/mol. The van der Waals surface area contributed by atoms with Crippen molar-refractivity contribution in [3.8, 4) is 5.75 Å². The number of aliphatic hydroxyl groups is 1. The lowest BCUT2D eigenvalue weighted by Crippen LogP contribution is -2.40. The van der Waals surface area contributed by atoms with E-state index in [-0.39, 0.29) is 6.54 Å². The van der Waals surface area contributed by atoms with Gasteiger partial charge in [-0.1, -0.05) is 30.3 Å². The van der Waals surface area contributed by atoms with Crippen LogP contribution in [0.4, 0.5) is 0 Å². The number of hydrogen-bond acceptors (Lipinski definition) is 4. The van der Waals surface area contributed by atoms with Crippen molar-refractivity contribution in [1.29, 1.82) is 0 Å². The number of guanidine groups is 1. The fourth-order valence-electron chi connectivity index (χ4n) is 2.23. The second-order valence-electron chi connectivity index (χ2n) is 5.80. The highest BCUT2D eigenvalue weighted by molar-refractivity contribution is 5.79. The van der Waals surface area contributed by atoms with Crippen molar-refractivity contribution in [2.45, 2.75) is 19.4 Å². The Bertz CT molecular complexity index is 645. The molecule has 1 aromatic heterocycles. The van der Waals surface area contributed by atoms with Gasteiger partial charge in [0, 0.05) is 12.7 Å². The predicted octanol–water partition coefficient (Wildman–Crippen LogP) is 1.92. The lowest BCUT2D eigenvalue weighted by atomic mass is 9.96. The van der Waals surface area contributed by atoms with Crippen LogP contribution >= 0.6 is 0 Å². The van der Waals surface area contributed by atoms with Crippen LogP contribution in [0.25, 0.3) is 0 Å². The van der Waals surface area contributed by atoms with Gasteiger partial charge < -0.3 is 20.5 Å². The first kappa shape index (κ1) is 18.7. The summed E-state index contributed by atoms with van der Waals surface area (Å²) in [5, 5.41) is 17.0. The molecule has 2 aromatic rings. The van der Waals surface area contributed by atoms with Crippen molar-refractivity contribution in [1.82, 2.24) is 15.6 Å². The van der Waals surface area contributed by atoms with E-state index in [4.69, 9.17) is 4.74 Å². The fourth-order valence-corrected chi connectivity index (χ4v) is 2.23. The highest BCUT2D eigenvalue weighted by Gasteiger charge is 2.22. The van der Waals surface area contributed by atoms with Crippen LogP contribution in [0.5, 0.6) is 5.75 Å². The van der Waals surface area contributed by atoms with Crippen molar-refractivity contribution in [2.24, 2.45) is 4.99 Å². The molecule has 1 heterocycles. The monoisotopic (exact) mass is 342 g/mol. The smallest absolute Gasteiger partial charge is 0.191 e. The molecule has 0 saturated carbocycles. The third-order valence-corrected chi connectivity index (χ3v) is 3.58. The number of hydrogen-bond donors (Lipinski definition) is 3. The molecule has 0 bridgehead atoms. The maximum atomic E-state index is 10.6. The fraction of sp³-hybridized carbons (Fsp3) is 0.368. The van der Waals surface area contributed by atoms with Gasteiger partial charge >= 0.3 is 0 Å². The summed E-state index contributed by atoms with van der Waals surface area (Å²) in [4.78, 5) is 8.49. The largest absolute Gasteiger partial charge is 0.490 e. The molecule has 0 radical (unpaired) electrons. The zero-order valence-corrected chi connectivity index (χ0v) is 14.8. The first-order chi connectivity index (χ1) is 12.1. The molecule has 0 aliphatic carbocycles. The van der Waals surface area contributed by atoms with E-state index >= 15 is 0 Å². The molecule has 1 atom stereocenters. The number of ether oxygens (including phenoxy) is 1. The Morgan fingerprint density at radius 3 is 2.68 bits per heavy atom. The van der Waals surface area contributed by atoms with Crippen LogP contribution < -0.4 is 15.4 Å². The highest BCUT2D eigenvalue weighted by atomic mass is 16.5. The molecule has 1 unspecified atom stereocenters. The van der Waals surface area contributed by atoms with Gasteiger partial charge in [-0.3, -0.25) is 4.98 Å². The molecule has 0 fully saturated rings. The van der Waals surface area contributed by atoms with Crippen molar-refractivity contribution in [3.63, 3.8) is 0 Å². The average molecular weight is 342 g/mol. The van der Waals surface area contributed by atoms with Gasteiger partial charge in [-0.25, -0.2) is 4.99 Å². The molecule has 134 valence electrons. The van der Waals surface area contributed by atoms with Crippen LogP contribution in [0.2, 0.25) is 0 Å². The Kier molecular flexibility index (Phi) is 7.22. The summed E-state index contributed by atoms with van der Waals surface area (Å²) < 4.78 is 5.59. The number of aliphatic imine (C=N–C) groups is 1. The molecule has 0 saturated heterocycles. The molecule has 25 heavy (non-hydrogen) atoms.